The third kappa shape index (κ3) is 10.5. The summed E-state index contributed by atoms with van der Waals surface area (Å²) < 4.78 is 32.2. The molecule has 238 valence electrons. The van der Waals surface area contributed by atoms with Gasteiger partial charge in [-0.25, -0.2) is 4.98 Å². The second-order valence-corrected chi connectivity index (χ2v) is 12.2. The minimum Gasteiger partial charge on any atom is -0.493 e. The van der Waals surface area contributed by atoms with Crippen molar-refractivity contribution in [2.75, 3.05) is 26.4 Å². The molecule has 7 nitrogen and oxygen atoms in total. The van der Waals surface area contributed by atoms with Crippen LogP contribution in [0.4, 0.5) is 0 Å². The van der Waals surface area contributed by atoms with Gasteiger partial charge in [0.05, 0.1) is 41.8 Å². The lowest BCUT2D eigenvalue weighted by Crippen LogP contribution is -2.07. The molecule has 0 bridgehead atoms. The predicted molar refractivity (Wildman–Crippen MR) is 181 cm³/mol. The van der Waals surface area contributed by atoms with E-state index in [-0.39, 0.29) is 12.2 Å². The smallest absolute Gasteiger partial charge is 0.160 e. The highest BCUT2D eigenvalue weighted by Gasteiger charge is 2.11. The molecule has 0 aliphatic carbocycles. The van der Waals surface area contributed by atoms with Crippen LogP contribution in [0.15, 0.2) is 90.2 Å². The molecule has 4 aromatic rings. The Morgan fingerprint density at radius 1 is 0.889 bits per heavy atom. The molecule has 0 N–H and O–H groups in total. The quantitative estimate of drug-likeness (QED) is 0.0783. The topological polar surface area (TPSA) is 79.7 Å². The van der Waals surface area contributed by atoms with Gasteiger partial charge in [0.15, 0.2) is 5.78 Å². The van der Waals surface area contributed by atoms with Crippen LogP contribution >= 0.6 is 0 Å². The molecule has 1 atom stereocenters. The molecule has 0 spiro atoms. The lowest BCUT2D eigenvalue weighted by atomic mass is 10.0. The summed E-state index contributed by atoms with van der Waals surface area (Å²) in [5.41, 5.74) is 4.72. The van der Waals surface area contributed by atoms with Gasteiger partial charge in [-0.05, 0) is 85.0 Å². The second kappa shape index (κ2) is 18.1. The van der Waals surface area contributed by atoms with Gasteiger partial charge in [-0.2, -0.15) is 0 Å². The van der Waals surface area contributed by atoms with E-state index in [2.05, 4.69) is 18.8 Å². The molecule has 4 rings (SSSR count). The summed E-state index contributed by atoms with van der Waals surface area (Å²) in [5.74, 6) is 1.91. The van der Waals surface area contributed by atoms with Crippen LogP contribution in [0.1, 0.15) is 56.9 Å². The monoisotopic (exact) mass is 628 g/mol. The molecule has 3 aromatic carbocycles. The first kappa shape index (κ1) is 33.9. The predicted octanol–water partition coefficient (Wildman–Crippen LogP) is 7.69. The number of ether oxygens (including phenoxy) is 3. The van der Waals surface area contributed by atoms with Crippen molar-refractivity contribution in [3.63, 3.8) is 0 Å². The maximum Gasteiger partial charge on any atom is 0.160 e. The number of imidazole rings is 1. The first-order valence-electron chi connectivity index (χ1n) is 15.8. The molecule has 0 aliphatic rings. The summed E-state index contributed by atoms with van der Waals surface area (Å²) in [4.78, 5) is 17.9. The molecule has 1 unspecified atom stereocenters. The lowest BCUT2D eigenvalue weighted by Gasteiger charge is -2.11. The first-order chi connectivity index (χ1) is 22.0. The summed E-state index contributed by atoms with van der Waals surface area (Å²) in [6.45, 7) is 9.44. The number of hydrogen-bond acceptors (Lipinski definition) is 6. The third-order valence-corrected chi connectivity index (χ3v) is 8.55. The highest BCUT2D eigenvalue weighted by atomic mass is 32.2. The summed E-state index contributed by atoms with van der Waals surface area (Å²) in [7, 11) is -1.19. The van der Waals surface area contributed by atoms with E-state index in [1.165, 1.54) is 0 Å². The van der Waals surface area contributed by atoms with Gasteiger partial charge in [0.1, 0.15) is 18.1 Å². The van der Waals surface area contributed by atoms with E-state index in [1.54, 1.807) is 18.6 Å². The number of nitrogens with zero attached hydrogens (tertiary/aromatic N) is 2. The first-order valence-corrected chi connectivity index (χ1v) is 17.1. The standard InChI is InChI=1S/C37H44N2O5S/c1-4-7-21-42-22-23-44-35-15-11-30(12-16-35)31-13-19-37(43-6-3)32(25-31)10-14-34(40)24-29-8-17-36(18-9-29)45(41)27-33-26-38-28-39(33)20-5-2/h8-19,25-26,28H,4-7,20-24,27H2,1-3H3/b14-10+. The van der Waals surface area contributed by atoms with Crippen molar-refractivity contribution in [1.82, 2.24) is 9.55 Å². The Kier molecular flexibility index (Phi) is 13.6. The fourth-order valence-corrected chi connectivity index (χ4v) is 5.90. The highest BCUT2D eigenvalue weighted by Crippen LogP contribution is 2.29. The number of hydrogen-bond donors (Lipinski definition) is 0. The van der Waals surface area contributed by atoms with E-state index < -0.39 is 10.8 Å². The van der Waals surface area contributed by atoms with Crippen molar-refractivity contribution in [3.05, 3.63) is 102 Å². The molecular weight excluding hydrogens is 584 g/mol. The van der Waals surface area contributed by atoms with Crippen molar-refractivity contribution >= 4 is 22.7 Å². The van der Waals surface area contributed by atoms with Crippen molar-refractivity contribution in [3.8, 4) is 22.6 Å². The van der Waals surface area contributed by atoms with Crippen molar-refractivity contribution in [2.24, 2.45) is 0 Å². The van der Waals surface area contributed by atoms with E-state index in [4.69, 9.17) is 14.2 Å². The average molecular weight is 629 g/mol. The Morgan fingerprint density at radius 2 is 1.67 bits per heavy atom. The highest BCUT2D eigenvalue weighted by molar-refractivity contribution is 7.84. The molecule has 0 fully saturated rings. The molecule has 1 aromatic heterocycles. The maximum atomic E-state index is 12.9. The molecule has 0 aliphatic heterocycles. The number of unbranched alkanes of at least 4 members (excludes halogenated alkanes) is 1. The molecule has 1 heterocycles. The molecule has 0 radical (unpaired) electrons. The summed E-state index contributed by atoms with van der Waals surface area (Å²) >= 11 is 0. The lowest BCUT2D eigenvalue weighted by molar-refractivity contribution is -0.113. The zero-order valence-electron chi connectivity index (χ0n) is 26.6. The minimum atomic E-state index is -1.19. The van der Waals surface area contributed by atoms with Crippen molar-refractivity contribution in [1.29, 1.82) is 0 Å². The number of rotatable bonds is 19. The van der Waals surface area contributed by atoms with Crippen LogP contribution in [-0.4, -0.2) is 46.0 Å². The Balaban J connectivity index is 1.36. The van der Waals surface area contributed by atoms with Crippen LogP contribution in [0, 0.1) is 0 Å². The van der Waals surface area contributed by atoms with Gasteiger partial charge in [-0.1, -0.05) is 50.6 Å². The van der Waals surface area contributed by atoms with E-state index in [1.807, 2.05) is 84.3 Å². The molecule has 0 saturated carbocycles. The number of aryl methyl sites for hydroxylation is 1. The minimum absolute atomic E-state index is 0.0274. The molecule has 0 amide bonds. The van der Waals surface area contributed by atoms with Gasteiger partial charge in [-0.15, -0.1) is 0 Å². The largest absolute Gasteiger partial charge is 0.493 e. The Labute approximate surface area is 269 Å². The summed E-state index contributed by atoms with van der Waals surface area (Å²) in [5, 5.41) is 0. The van der Waals surface area contributed by atoms with Crippen LogP contribution in [-0.2, 0) is 39.0 Å². The second-order valence-electron chi connectivity index (χ2n) is 10.7. The van der Waals surface area contributed by atoms with Crippen LogP contribution in [0.25, 0.3) is 17.2 Å². The van der Waals surface area contributed by atoms with E-state index in [0.29, 0.717) is 25.6 Å². The average Bonchev–Trinajstić information content (AvgIpc) is 3.49. The Hall–Kier alpha value is -4.01. The van der Waals surface area contributed by atoms with Gasteiger partial charge >= 0.3 is 0 Å². The van der Waals surface area contributed by atoms with E-state index in [9.17, 15) is 9.00 Å². The van der Waals surface area contributed by atoms with Gasteiger partial charge < -0.3 is 18.8 Å². The van der Waals surface area contributed by atoms with Crippen LogP contribution < -0.4 is 9.47 Å². The number of ketones is 1. The normalized spacial score (nSPS) is 12.0. The molecular formula is C37H44N2O5S. The maximum absolute atomic E-state index is 12.9. The van der Waals surface area contributed by atoms with Crippen LogP contribution in [0.3, 0.4) is 0 Å². The summed E-state index contributed by atoms with van der Waals surface area (Å²) in [6.07, 6.45) is 10.4. The number of carbonyl (C=O) groups is 1. The van der Waals surface area contributed by atoms with Crippen LogP contribution in [0.5, 0.6) is 11.5 Å². The SMILES string of the molecule is CCCCOCCOc1ccc(-c2ccc(OCC)c(/C=C/C(=O)Cc3ccc(S(=O)Cc4cncn4CCC)cc3)c2)cc1. The van der Waals surface area contributed by atoms with E-state index in [0.717, 1.165) is 76.8 Å². The Morgan fingerprint density at radius 3 is 2.40 bits per heavy atom. The molecule has 8 heteroatoms. The van der Waals surface area contributed by atoms with Gasteiger partial charge in [-0.3, -0.25) is 9.00 Å². The van der Waals surface area contributed by atoms with E-state index >= 15 is 0 Å². The third-order valence-electron chi connectivity index (χ3n) is 7.19. The van der Waals surface area contributed by atoms with Gasteiger partial charge in [0.2, 0.25) is 0 Å². The van der Waals surface area contributed by atoms with Crippen LogP contribution in [0.2, 0.25) is 0 Å². The van der Waals surface area contributed by atoms with Gasteiger partial charge in [0.25, 0.3) is 0 Å². The molecule has 0 saturated heterocycles. The molecule has 45 heavy (non-hydrogen) atoms. The number of allylic oxidation sites excluding steroid dienone is 1. The zero-order chi connectivity index (χ0) is 31.9. The van der Waals surface area contributed by atoms with Crippen molar-refractivity contribution in [2.45, 2.75) is 63.6 Å². The van der Waals surface area contributed by atoms with Crippen molar-refractivity contribution < 1.29 is 23.2 Å². The fraction of sp³-hybridized carbons (Fsp3) is 0.351. The fourth-order valence-electron chi connectivity index (χ4n) is 4.79. The number of benzene rings is 3. The number of carbonyl (C=O) groups excluding carboxylic acids is 1. The van der Waals surface area contributed by atoms with Gasteiger partial charge in [0, 0.05) is 36.2 Å². The Bertz CT molecular complexity index is 1540. The summed E-state index contributed by atoms with van der Waals surface area (Å²) in [6, 6.07) is 21.4. The zero-order valence-corrected chi connectivity index (χ0v) is 27.4. The number of aromatic nitrogens is 2.